The molecule has 2 N–H and O–H groups in total. The first-order valence-corrected chi connectivity index (χ1v) is 9.97. The summed E-state index contributed by atoms with van der Waals surface area (Å²) < 4.78 is 11.0. The number of amides is 1. The van der Waals surface area contributed by atoms with E-state index in [0.717, 1.165) is 17.7 Å². The average molecular weight is 397 g/mol. The van der Waals surface area contributed by atoms with Crippen molar-refractivity contribution in [3.63, 3.8) is 0 Å². The number of thioether (sulfide) groups is 1. The number of rotatable bonds is 8. The van der Waals surface area contributed by atoms with Crippen LogP contribution in [0, 0.1) is 0 Å². The Bertz CT molecular complexity index is 878. The van der Waals surface area contributed by atoms with Gasteiger partial charge in [0.25, 0.3) is 5.91 Å². The quantitative estimate of drug-likeness (QED) is 0.511. The van der Waals surface area contributed by atoms with Crippen molar-refractivity contribution in [1.29, 1.82) is 0 Å². The lowest BCUT2D eigenvalue weighted by Gasteiger charge is -2.13. The molecular weight excluding hydrogens is 372 g/mol. The molecule has 1 aliphatic rings. The maximum atomic E-state index is 12.3. The highest BCUT2D eigenvalue weighted by Gasteiger charge is 2.27. The first-order valence-electron chi connectivity index (χ1n) is 9.09. The fraction of sp³-hybridized carbons (Fsp3) is 0.227. The minimum Gasteiger partial charge on any atom is -0.493 e. The summed E-state index contributed by atoms with van der Waals surface area (Å²) in [5, 5.41) is 6.28. The summed E-state index contributed by atoms with van der Waals surface area (Å²) in [6, 6.07) is 13.8. The Kier molecular flexibility index (Phi) is 6.66. The fourth-order valence-electron chi connectivity index (χ4n) is 2.75. The standard InChI is InChI=1S/C22H24N2O3S/c1-4-12-27-18-11-8-16(13-19(18)26-3)14-20-21(25)24-22(28-20)23-17-9-6-15(5-2)7-10-17/h4,6-11,13-14,22-23H,1,5,12H2,2-3H3,(H,24,25)/b20-14-/t22-/m0/s1. The third kappa shape index (κ3) is 4.89. The summed E-state index contributed by atoms with van der Waals surface area (Å²) in [5.41, 5.74) is 2.92. The zero-order valence-corrected chi connectivity index (χ0v) is 16.8. The second-order valence-electron chi connectivity index (χ2n) is 6.18. The molecule has 1 fully saturated rings. The topological polar surface area (TPSA) is 59.6 Å². The SMILES string of the molecule is C=CCOc1ccc(/C=C2\S[C@@H](Nc3ccc(CC)cc3)NC2=O)cc1OC. The highest BCUT2D eigenvalue weighted by Crippen LogP contribution is 2.33. The summed E-state index contributed by atoms with van der Waals surface area (Å²) in [5.74, 6) is 1.16. The molecule has 0 unspecified atom stereocenters. The van der Waals surface area contributed by atoms with Crippen LogP contribution in [-0.4, -0.2) is 25.1 Å². The van der Waals surface area contributed by atoms with Crippen molar-refractivity contribution >= 4 is 29.4 Å². The van der Waals surface area contributed by atoms with Crippen LogP contribution < -0.4 is 20.1 Å². The number of hydrogen-bond acceptors (Lipinski definition) is 5. The summed E-state index contributed by atoms with van der Waals surface area (Å²) in [6.07, 6.45) is 4.53. The zero-order chi connectivity index (χ0) is 19.9. The molecule has 0 saturated carbocycles. The van der Waals surface area contributed by atoms with E-state index >= 15 is 0 Å². The number of anilines is 1. The van der Waals surface area contributed by atoms with Gasteiger partial charge in [0, 0.05) is 5.69 Å². The minimum absolute atomic E-state index is 0.0985. The highest BCUT2D eigenvalue weighted by atomic mass is 32.2. The Balaban J connectivity index is 1.70. The monoisotopic (exact) mass is 396 g/mol. The van der Waals surface area contributed by atoms with E-state index in [0.29, 0.717) is 23.0 Å². The van der Waals surface area contributed by atoms with E-state index in [9.17, 15) is 4.79 Å². The van der Waals surface area contributed by atoms with Crippen LogP contribution in [0.2, 0.25) is 0 Å². The average Bonchev–Trinajstić information content (AvgIpc) is 3.06. The van der Waals surface area contributed by atoms with Gasteiger partial charge in [0.05, 0.1) is 12.0 Å². The first-order chi connectivity index (χ1) is 13.6. The Morgan fingerprint density at radius 3 is 2.68 bits per heavy atom. The Labute approximate surface area is 169 Å². The van der Waals surface area contributed by atoms with Crippen LogP contribution in [0.15, 0.2) is 60.0 Å². The van der Waals surface area contributed by atoms with Gasteiger partial charge < -0.3 is 20.1 Å². The molecule has 1 saturated heterocycles. The normalized spacial score (nSPS) is 17.3. The molecule has 0 bridgehead atoms. The van der Waals surface area contributed by atoms with Crippen molar-refractivity contribution in [1.82, 2.24) is 5.32 Å². The van der Waals surface area contributed by atoms with Gasteiger partial charge in [-0.25, -0.2) is 0 Å². The number of methoxy groups -OCH3 is 1. The van der Waals surface area contributed by atoms with Gasteiger partial charge in [-0.3, -0.25) is 4.79 Å². The van der Waals surface area contributed by atoms with Crippen molar-refractivity contribution in [3.8, 4) is 11.5 Å². The predicted octanol–water partition coefficient (Wildman–Crippen LogP) is 4.42. The molecule has 6 heteroatoms. The van der Waals surface area contributed by atoms with Crippen molar-refractivity contribution in [2.24, 2.45) is 0 Å². The molecule has 0 aromatic heterocycles. The molecule has 3 rings (SSSR count). The number of aryl methyl sites for hydroxylation is 1. The van der Waals surface area contributed by atoms with Gasteiger partial charge in [0.15, 0.2) is 17.0 Å². The van der Waals surface area contributed by atoms with Crippen LogP contribution in [0.4, 0.5) is 5.69 Å². The number of hydrogen-bond donors (Lipinski definition) is 2. The maximum absolute atomic E-state index is 12.3. The predicted molar refractivity (Wildman–Crippen MR) is 116 cm³/mol. The van der Waals surface area contributed by atoms with Gasteiger partial charge in [-0.15, -0.1) is 0 Å². The van der Waals surface area contributed by atoms with E-state index in [1.165, 1.54) is 17.3 Å². The number of ether oxygens (including phenoxy) is 2. The number of benzene rings is 2. The molecule has 0 spiro atoms. The smallest absolute Gasteiger partial charge is 0.260 e. The van der Waals surface area contributed by atoms with E-state index in [4.69, 9.17) is 9.47 Å². The van der Waals surface area contributed by atoms with E-state index in [1.54, 1.807) is 13.2 Å². The van der Waals surface area contributed by atoms with Crippen LogP contribution in [0.5, 0.6) is 11.5 Å². The Morgan fingerprint density at radius 2 is 2.00 bits per heavy atom. The molecule has 2 aromatic carbocycles. The van der Waals surface area contributed by atoms with Crippen molar-refractivity contribution in [2.45, 2.75) is 18.8 Å². The molecule has 0 radical (unpaired) electrons. The van der Waals surface area contributed by atoms with Crippen molar-refractivity contribution in [3.05, 3.63) is 71.2 Å². The van der Waals surface area contributed by atoms with Crippen LogP contribution in [0.25, 0.3) is 6.08 Å². The second kappa shape index (κ2) is 9.37. The molecule has 146 valence electrons. The molecule has 1 aliphatic heterocycles. The lowest BCUT2D eigenvalue weighted by molar-refractivity contribution is -0.116. The third-order valence-corrected chi connectivity index (χ3v) is 5.26. The van der Waals surface area contributed by atoms with Crippen LogP contribution in [-0.2, 0) is 11.2 Å². The number of nitrogens with one attached hydrogen (secondary N) is 2. The molecule has 0 aliphatic carbocycles. The van der Waals surface area contributed by atoms with Crippen molar-refractivity contribution in [2.75, 3.05) is 19.0 Å². The molecule has 5 nitrogen and oxygen atoms in total. The highest BCUT2D eigenvalue weighted by molar-refractivity contribution is 8.05. The minimum atomic E-state index is -0.205. The molecule has 1 atom stereocenters. The molecule has 28 heavy (non-hydrogen) atoms. The van der Waals surface area contributed by atoms with E-state index < -0.39 is 0 Å². The fourth-order valence-corrected chi connectivity index (χ4v) is 3.73. The van der Waals surface area contributed by atoms with E-state index in [2.05, 4.69) is 36.3 Å². The lowest BCUT2D eigenvalue weighted by Crippen LogP contribution is -2.30. The first kappa shape index (κ1) is 19.9. The third-order valence-electron chi connectivity index (χ3n) is 4.23. The lowest BCUT2D eigenvalue weighted by atomic mass is 10.1. The summed E-state index contributed by atoms with van der Waals surface area (Å²) in [7, 11) is 1.59. The Morgan fingerprint density at radius 1 is 1.21 bits per heavy atom. The Hall–Kier alpha value is -2.86. The molecular formula is C22H24N2O3S. The summed E-state index contributed by atoms with van der Waals surface area (Å²) in [4.78, 5) is 13.0. The van der Waals surface area contributed by atoms with Gasteiger partial charge >= 0.3 is 0 Å². The number of carbonyl (C=O) groups is 1. The van der Waals surface area contributed by atoms with E-state index in [-0.39, 0.29) is 11.4 Å². The van der Waals surface area contributed by atoms with Gasteiger partial charge in [-0.1, -0.05) is 49.5 Å². The van der Waals surface area contributed by atoms with Crippen LogP contribution >= 0.6 is 11.8 Å². The van der Waals surface area contributed by atoms with Crippen molar-refractivity contribution < 1.29 is 14.3 Å². The van der Waals surface area contributed by atoms with E-state index in [1.807, 2.05) is 36.4 Å². The molecule has 1 amide bonds. The largest absolute Gasteiger partial charge is 0.493 e. The van der Waals surface area contributed by atoms with Gasteiger partial charge in [-0.2, -0.15) is 0 Å². The van der Waals surface area contributed by atoms with Crippen LogP contribution in [0.1, 0.15) is 18.1 Å². The molecule has 1 heterocycles. The number of carbonyl (C=O) groups excluding carboxylic acids is 1. The van der Waals surface area contributed by atoms with Crippen LogP contribution in [0.3, 0.4) is 0 Å². The van der Waals surface area contributed by atoms with Gasteiger partial charge in [0.1, 0.15) is 6.61 Å². The zero-order valence-electron chi connectivity index (χ0n) is 16.0. The summed E-state index contributed by atoms with van der Waals surface area (Å²) >= 11 is 1.45. The van der Waals surface area contributed by atoms with Gasteiger partial charge in [0.2, 0.25) is 0 Å². The summed E-state index contributed by atoms with van der Waals surface area (Å²) in [6.45, 7) is 6.17. The second-order valence-corrected chi connectivity index (χ2v) is 7.33. The maximum Gasteiger partial charge on any atom is 0.260 e. The van der Waals surface area contributed by atoms with Gasteiger partial charge in [-0.05, 0) is 47.9 Å². The molecule has 2 aromatic rings.